The van der Waals surface area contributed by atoms with Gasteiger partial charge < -0.3 is 5.32 Å². The van der Waals surface area contributed by atoms with E-state index >= 15 is 0 Å². The highest BCUT2D eigenvalue weighted by Crippen LogP contribution is 2.22. The average Bonchev–Trinajstić information content (AvgIpc) is 2.40. The predicted octanol–water partition coefficient (Wildman–Crippen LogP) is 3.63. The fourth-order valence-electron chi connectivity index (χ4n) is 2.96. The molecule has 1 rings (SSSR count). The first-order valence-corrected chi connectivity index (χ1v) is 7.56. The maximum atomic E-state index is 3.48. The third-order valence-electron chi connectivity index (χ3n) is 4.09. The van der Waals surface area contributed by atoms with Crippen molar-refractivity contribution in [2.45, 2.75) is 59.2 Å². The van der Waals surface area contributed by atoms with Gasteiger partial charge >= 0.3 is 0 Å². The lowest BCUT2D eigenvalue weighted by Gasteiger charge is -2.37. The molecule has 0 spiro atoms. The summed E-state index contributed by atoms with van der Waals surface area (Å²) in [4.78, 5) is 2.54. The monoisotopic (exact) mass is 262 g/mol. The van der Waals surface area contributed by atoms with Gasteiger partial charge in [-0.1, -0.05) is 38.1 Å². The molecule has 0 aliphatic rings. The van der Waals surface area contributed by atoms with Gasteiger partial charge in [0.1, 0.15) is 0 Å². The standard InChI is InChI=1S/C17H30N2/c1-7-15-9-11-16(12-10-15)17(18-6)14(5)19(8-2)13(3)4/h9-14,17-18H,7-8H2,1-6H3. The molecule has 2 atom stereocenters. The van der Waals surface area contributed by atoms with E-state index in [0.717, 1.165) is 13.0 Å². The van der Waals surface area contributed by atoms with E-state index in [0.29, 0.717) is 18.1 Å². The van der Waals surface area contributed by atoms with Gasteiger partial charge in [0.25, 0.3) is 0 Å². The van der Waals surface area contributed by atoms with E-state index in [1.807, 2.05) is 0 Å². The van der Waals surface area contributed by atoms with Gasteiger partial charge in [-0.15, -0.1) is 0 Å². The largest absolute Gasteiger partial charge is 0.312 e. The number of hydrogen-bond acceptors (Lipinski definition) is 2. The molecule has 0 amide bonds. The van der Waals surface area contributed by atoms with Crippen LogP contribution in [0.25, 0.3) is 0 Å². The van der Waals surface area contributed by atoms with Crippen LogP contribution >= 0.6 is 0 Å². The van der Waals surface area contributed by atoms with Gasteiger partial charge in [0, 0.05) is 18.1 Å². The summed E-state index contributed by atoms with van der Waals surface area (Å²) in [6, 6.07) is 10.5. The highest BCUT2D eigenvalue weighted by atomic mass is 15.2. The SMILES string of the molecule is CCc1ccc(C(NC)C(C)N(CC)C(C)C)cc1. The fourth-order valence-corrected chi connectivity index (χ4v) is 2.96. The molecule has 2 nitrogen and oxygen atoms in total. The molecule has 2 heteroatoms. The highest BCUT2D eigenvalue weighted by Gasteiger charge is 2.24. The molecule has 0 fully saturated rings. The van der Waals surface area contributed by atoms with Crippen LogP contribution in [0.5, 0.6) is 0 Å². The van der Waals surface area contributed by atoms with Crippen LogP contribution in [0.4, 0.5) is 0 Å². The number of hydrogen-bond donors (Lipinski definition) is 1. The Kier molecular flexibility index (Phi) is 6.53. The van der Waals surface area contributed by atoms with E-state index in [1.54, 1.807) is 0 Å². The molecule has 0 aromatic heterocycles. The second-order valence-corrected chi connectivity index (χ2v) is 5.53. The summed E-state index contributed by atoms with van der Waals surface area (Å²) in [6.07, 6.45) is 1.10. The van der Waals surface area contributed by atoms with Crippen molar-refractivity contribution in [3.63, 3.8) is 0 Å². The topological polar surface area (TPSA) is 15.3 Å². The second-order valence-electron chi connectivity index (χ2n) is 5.53. The first-order chi connectivity index (χ1) is 9.04. The first kappa shape index (κ1) is 16.2. The minimum Gasteiger partial charge on any atom is -0.312 e. The third-order valence-corrected chi connectivity index (χ3v) is 4.09. The predicted molar refractivity (Wildman–Crippen MR) is 84.6 cm³/mol. The number of rotatable bonds is 7. The number of likely N-dealkylation sites (N-methyl/N-ethyl adjacent to an activating group) is 2. The lowest BCUT2D eigenvalue weighted by Crippen LogP contribution is -2.45. The summed E-state index contributed by atoms with van der Waals surface area (Å²) < 4.78 is 0. The molecule has 0 radical (unpaired) electrons. The molecular weight excluding hydrogens is 232 g/mol. The Labute approximate surface area is 119 Å². The van der Waals surface area contributed by atoms with E-state index in [4.69, 9.17) is 0 Å². The summed E-state index contributed by atoms with van der Waals surface area (Å²) in [5, 5.41) is 3.48. The van der Waals surface area contributed by atoms with Crippen molar-refractivity contribution in [1.29, 1.82) is 0 Å². The van der Waals surface area contributed by atoms with Gasteiger partial charge in [-0.2, -0.15) is 0 Å². The molecule has 1 aromatic carbocycles. The van der Waals surface area contributed by atoms with Crippen LogP contribution in [-0.2, 0) is 6.42 Å². The zero-order valence-electron chi connectivity index (χ0n) is 13.4. The highest BCUT2D eigenvalue weighted by molar-refractivity contribution is 5.26. The number of aryl methyl sites for hydroxylation is 1. The Morgan fingerprint density at radius 1 is 1.05 bits per heavy atom. The molecule has 1 N–H and O–H groups in total. The average molecular weight is 262 g/mol. The minimum atomic E-state index is 0.383. The molecule has 0 aliphatic carbocycles. The lowest BCUT2D eigenvalue weighted by atomic mass is 9.97. The van der Waals surface area contributed by atoms with E-state index in [-0.39, 0.29) is 0 Å². The molecule has 19 heavy (non-hydrogen) atoms. The normalized spacial score (nSPS) is 14.9. The molecule has 0 bridgehead atoms. The minimum absolute atomic E-state index is 0.383. The van der Waals surface area contributed by atoms with Crippen LogP contribution in [0.15, 0.2) is 24.3 Å². The van der Waals surface area contributed by atoms with Crippen molar-refractivity contribution < 1.29 is 0 Å². The molecule has 0 saturated heterocycles. The number of nitrogens with zero attached hydrogens (tertiary/aromatic N) is 1. The summed E-state index contributed by atoms with van der Waals surface area (Å²) in [7, 11) is 2.06. The third kappa shape index (κ3) is 4.05. The van der Waals surface area contributed by atoms with E-state index in [9.17, 15) is 0 Å². The Balaban J connectivity index is 2.91. The van der Waals surface area contributed by atoms with E-state index < -0.39 is 0 Å². The fraction of sp³-hybridized carbons (Fsp3) is 0.647. The van der Waals surface area contributed by atoms with Crippen LogP contribution in [0.2, 0.25) is 0 Å². The Morgan fingerprint density at radius 2 is 1.63 bits per heavy atom. The zero-order valence-corrected chi connectivity index (χ0v) is 13.4. The smallest absolute Gasteiger partial charge is 0.0473 e. The van der Waals surface area contributed by atoms with Gasteiger partial charge in [-0.05, 0) is 51.9 Å². The van der Waals surface area contributed by atoms with Crippen LogP contribution in [0.1, 0.15) is 51.8 Å². The summed E-state index contributed by atoms with van der Waals surface area (Å²) >= 11 is 0. The van der Waals surface area contributed by atoms with Crippen molar-refractivity contribution in [2.75, 3.05) is 13.6 Å². The van der Waals surface area contributed by atoms with Gasteiger partial charge in [0.05, 0.1) is 0 Å². The maximum absolute atomic E-state index is 3.48. The van der Waals surface area contributed by atoms with Gasteiger partial charge in [0.15, 0.2) is 0 Å². The molecule has 0 heterocycles. The van der Waals surface area contributed by atoms with E-state index in [2.05, 4.69) is 76.1 Å². The molecular formula is C17H30N2. The van der Waals surface area contributed by atoms with Gasteiger partial charge in [0.2, 0.25) is 0 Å². The van der Waals surface area contributed by atoms with E-state index in [1.165, 1.54) is 11.1 Å². The molecule has 2 unspecified atom stereocenters. The zero-order chi connectivity index (χ0) is 14.4. The Hall–Kier alpha value is -0.860. The van der Waals surface area contributed by atoms with Crippen molar-refractivity contribution >= 4 is 0 Å². The van der Waals surface area contributed by atoms with Crippen LogP contribution in [-0.4, -0.2) is 30.6 Å². The number of benzene rings is 1. The summed E-state index contributed by atoms with van der Waals surface area (Å²) in [5.74, 6) is 0. The maximum Gasteiger partial charge on any atom is 0.0473 e. The summed E-state index contributed by atoms with van der Waals surface area (Å²) in [6.45, 7) is 12.4. The quantitative estimate of drug-likeness (QED) is 0.807. The molecule has 1 aromatic rings. The van der Waals surface area contributed by atoms with Crippen molar-refractivity contribution in [3.05, 3.63) is 35.4 Å². The second kappa shape index (κ2) is 7.66. The molecule has 0 aliphatic heterocycles. The Bertz CT molecular complexity index is 356. The van der Waals surface area contributed by atoms with Crippen molar-refractivity contribution in [3.8, 4) is 0 Å². The van der Waals surface area contributed by atoms with Gasteiger partial charge in [-0.25, -0.2) is 0 Å². The van der Waals surface area contributed by atoms with Crippen molar-refractivity contribution in [1.82, 2.24) is 10.2 Å². The van der Waals surface area contributed by atoms with Crippen LogP contribution in [0, 0.1) is 0 Å². The number of nitrogens with one attached hydrogen (secondary N) is 1. The van der Waals surface area contributed by atoms with Gasteiger partial charge in [-0.3, -0.25) is 4.90 Å². The summed E-state index contributed by atoms with van der Waals surface area (Å²) in [5.41, 5.74) is 2.79. The van der Waals surface area contributed by atoms with Crippen molar-refractivity contribution in [2.24, 2.45) is 0 Å². The lowest BCUT2D eigenvalue weighted by molar-refractivity contribution is 0.142. The first-order valence-electron chi connectivity index (χ1n) is 7.56. The molecule has 0 saturated carbocycles. The van der Waals surface area contributed by atoms with Crippen LogP contribution < -0.4 is 5.32 Å². The van der Waals surface area contributed by atoms with Crippen LogP contribution in [0.3, 0.4) is 0 Å². The Morgan fingerprint density at radius 3 is 2.00 bits per heavy atom. The molecule has 108 valence electrons.